The predicted molar refractivity (Wildman–Crippen MR) is 104 cm³/mol. The maximum Gasteiger partial charge on any atom is 0.234 e. The normalized spacial score (nSPS) is 10.6. The van der Waals surface area contributed by atoms with Crippen LogP contribution in [-0.4, -0.2) is 29.3 Å². The summed E-state index contributed by atoms with van der Waals surface area (Å²) in [7, 11) is 0. The maximum atomic E-state index is 12.1. The van der Waals surface area contributed by atoms with Gasteiger partial charge in [0, 0.05) is 16.3 Å². The monoisotopic (exact) mass is 377 g/mol. The molecular weight excluding hydrogens is 358 g/mol. The number of carbonyl (C=O) groups is 2. The molecule has 0 atom stereocenters. The average molecular weight is 378 g/mol. The number of carbonyl (C=O) groups excluding carboxylic acids is 2. The van der Waals surface area contributed by atoms with Crippen molar-refractivity contribution in [3.05, 3.63) is 59.1 Å². The standard InChI is InChI=1S/C19H20ClNO3S/c1-13(2)24-17-9-3-14(4-10-17)18(22)11-25-12-19(23)21-16-7-5-15(20)6-8-16/h3-10,13H,11-12H2,1-2H3,(H,21,23). The van der Waals surface area contributed by atoms with Crippen molar-refractivity contribution in [2.24, 2.45) is 0 Å². The number of amides is 1. The van der Waals surface area contributed by atoms with Crippen LogP contribution >= 0.6 is 23.4 Å². The Morgan fingerprint density at radius 3 is 2.28 bits per heavy atom. The molecule has 0 spiro atoms. The van der Waals surface area contributed by atoms with Crippen LogP contribution < -0.4 is 10.1 Å². The predicted octanol–water partition coefficient (Wildman–Crippen LogP) is 4.68. The van der Waals surface area contributed by atoms with Crippen molar-refractivity contribution in [1.29, 1.82) is 0 Å². The van der Waals surface area contributed by atoms with Gasteiger partial charge in [-0.2, -0.15) is 0 Å². The summed E-state index contributed by atoms with van der Waals surface area (Å²) in [4.78, 5) is 24.0. The van der Waals surface area contributed by atoms with E-state index in [1.807, 2.05) is 13.8 Å². The smallest absolute Gasteiger partial charge is 0.234 e. The molecule has 2 aromatic rings. The van der Waals surface area contributed by atoms with Gasteiger partial charge in [0.25, 0.3) is 0 Å². The number of hydrogen-bond acceptors (Lipinski definition) is 4. The van der Waals surface area contributed by atoms with Crippen LogP contribution in [0.15, 0.2) is 48.5 Å². The van der Waals surface area contributed by atoms with Gasteiger partial charge in [0.15, 0.2) is 5.78 Å². The molecule has 0 aliphatic carbocycles. The number of anilines is 1. The third kappa shape index (κ3) is 6.80. The Balaban J connectivity index is 1.75. The molecule has 4 nitrogen and oxygen atoms in total. The molecule has 1 N–H and O–H groups in total. The molecule has 0 bridgehead atoms. The zero-order valence-electron chi connectivity index (χ0n) is 14.1. The van der Waals surface area contributed by atoms with Crippen molar-refractivity contribution in [3.63, 3.8) is 0 Å². The summed E-state index contributed by atoms with van der Waals surface area (Å²) in [6.07, 6.45) is 0.0938. The number of nitrogens with one attached hydrogen (secondary N) is 1. The minimum atomic E-state index is -0.152. The van der Waals surface area contributed by atoms with Gasteiger partial charge in [0.2, 0.25) is 5.91 Å². The van der Waals surface area contributed by atoms with Crippen LogP contribution in [0.2, 0.25) is 5.02 Å². The number of ketones is 1. The molecule has 0 unspecified atom stereocenters. The molecule has 25 heavy (non-hydrogen) atoms. The van der Waals surface area contributed by atoms with Gasteiger partial charge in [-0.25, -0.2) is 0 Å². The molecule has 1 amide bonds. The highest BCUT2D eigenvalue weighted by molar-refractivity contribution is 8.00. The van der Waals surface area contributed by atoms with E-state index in [1.54, 1.807) is 48.5 Å². The SMILES string of the molecule is CC(C)Oc1ccc(C(=O)CSCC(=O)Nc2ccc(Cl)cc2)cc1. The van der Waals surface area contributed by atoms with Crippen LogP contribution in [0.1, 0.15) is 24.2 Å². The van der Waals surface area contributed by atoms with Crippen LogP contribution in [0.3, 0.4) is 0 Å². The van der Waals surface area contributed by atoms with Gasteiger partial charge in [-0.15, -0.1) is 11.8 Å². The maximum absolute atomic E-state index is 12.1. The summed E-state index contributed by atoms with van der Waals surface area (Å²) in [6, 6.07) is 13.9. The van der Waals surface area contributed by atoms with E-state index < -0.39 is 0 Å². The number of thioether (sulfide) groups is 1. The molecule has 0 radical (unpaired) electrons. The summed E-state index contributed by atoms with van der Waals surface area (Å²) in [5.74, 6) is 1.03. The molecule has 6 heteroatoms. The molecule has 0 heterocycles. The summed E-state index contributed by atoms with van der Waals surface area (Å²) in [5.41, 5.74) is 1.30. The fraction of sp³-hybridized carbons (Fsp3) is 0.263. The second-order valence-corrected chi connectivity index (χ2v) is 7.08. The number of rotatable bonds is 8. The first-order chi connectivity index (χ1) is 11.9. The third-order valence-electron chi connectivity index (χ3n) is 3.14. The molecule has 0 saturated carbocycles. The Kier molecular flexibility index (Phi) is 7.34. The fourth-order valence-corrected chi connectivity index (χ4v) is 2.88. The van der Waals surface area contributed by atoms with Gasteiger partial charge in [-0.1, -0.05) is 11.6 Å². The molecular formula is C19H20ClNO3S. The highest BCUT2D eigenvalue weighted by Gasteiger charge is 2.09. The number of hydrogen-bond donors (Lipinski definition) is 1. The zero-order chi connectivity index (χ0) is 18.2. The quantitative estimate of drug-likeness (QED) is 0.678. The molecule has 132 valence electrons. The van der Waals surface area contributed by atoms with E-state index in [9.17, 15) is 9.59 Å². The minimum Gasteiger partial charge on any atom is -0.491 e. The van der Waals surface area contributed by atoms with Gasteiger partial charge in [0.05, 0.1) is 17.6 Å². The second-order valence-electron chi connectivity index (χ2n) is 5.66. The summed E-state index contributed by atoms with van der Waals surface area (Å²) >= 11 is 7.08. The van der Waals surface area contributed by atoms with E-state index in [2.05, 4.69) is 5.32 Å². The lowest BCUT2D eigenvalue weighted by molar-refractivity contribution is -0.113. The van der Waals surface area contributed by atoms with E-state index >= 15 is 0 Å². The lowest BCUT2D eigenvalue weighted by atomic mass is 10.1. The van der Waals surface area contributed by atoms with Gasteiger partial charge in [0.1, 0.15) is 5.75 Å². The molecule has 0 saturated heterocycles. The number of halogens is 1. The Bertz CT molecular complexity index is 714. The van der Waals surface area contributed by atoms with Crippen molar-refractivity contribution in [2.45, 2.75) is 20.0 Å². The average Bonchev–Trinajstić information content (AvgIpc) is 2.57. The molecule has 2 rings (SSSR count). The Labute approximate surface area is 156 Å². The van der Waals surface area contributed by atoms with E-state index in [0.29, 0.717) is 16.3 Å². The fourth-order valence-electron chi connectivity index (χ4n) is 2.04. The lowest BCUT2D eigenvalue weighted by Crippen LogP contribution is -2.15. The summed E-state index contributed by atoms with van der Waals surface area (Å²) < 4.78 is 5.55. The zero-order valence-corrected chi connectivity index (χ0v) is 15.7. The lowest BCUT2D eigenvalue weighted by Gasteiger charge is -2.09. The second kappa shape index (κ2) is 9.49. The van der Waals surface area contributed by atoms with E-state index in [-0.39, 0.29) is 29.3 Å². The van der Waals surface area contributed by atoms with Gasteiger partial charge < -0.3 is 10.1 Å². The molecule has 0 aliphatic heterocycles. The van der Waals surface area contributed by atoms with Gasteiger partial charge in [-0.3, -0.25) is 9.59 Å². The van der Waals surface area contributed by atoms with Gasteiger partial charge >= 0.3 is 0 Å². The topological polar surface area (TPSA) is 55.4 Å². The first kappa shape index (κ1) is 19.3. The van der Waals surface area contributed by atoms with Crippen LogP contribution in [0.5, 0.6) is 5.75 Å². The molecule has 2 aromatic carbocycles. The van der Waals surface area contributed by atoms with E-state index in [4.69, 9.17) is 16.3 Å². The van der Waals surface area contributed by atoms with Gasteiger partial charge in [-0.05, 0) is 62.4 Å². The van der Waals surface area contributed by atoms with Crippen molar-refractivity contribution in [1.82, 2.24) is 0 Å². The summed E-state index contributed by atoms with van der Waals surface area (Å²) in [6.45, 7) is 3.90. The Morgan fingerprint density at radius 1 is 1.04 bits per heavy atom. The van der Waals surface area contributed by atoms with E-state index in [1.165, 1.54) is 11.8 Å². The van der Waals surface area contributed by atoms with Crippen LogP contribution in [0.25, 0.3) is 0 Å². The number of ether oxygens (including phenoxy) is 1. The summed E-state index contributed by atoms with van der Waals surface area (Å²) in [5, 5.41) is 3.38. The molecule has 0 fully saturated rings. The Hall–Kier alpha value is -1.98. The highest BCUT2D eigenvalue weighted by Crippen LogP contribution is 2.16. The number of Topliss-reactive ketones (excluding diaryl/α,β-unsaturated/α-hetero) is 1. The van der Waals surface area contributed by atoms with Crippen molar-refractivity contribution in [2.75, 3.05) is 16.8 Å². The largest absolute Gasteiger partial charge is 0.491 e. The van der Waals surface area contributed by atoms with Crippen LogP contribution in [0.4, 0.5) is 5.69 Å². The van der Waals surface area contributed by atoms with Crippen LogP contribution in [0, 0.1) is 0 Å². The van der Waals surface area contributed by atoms with Crippen LogP contribution in [-0.2, 0) is 4.79 Å². The first-order valence-electron chi connectivity index (χ1n) is 7.87. The first-order valence-corrected chi connectivity index (χ1v) is 9.40. The molecule has 0 aliphatic rings. The van der Waals surface area contributed by atoms with Crippen molar-refractivity contribution >= 4 is 40.7 Å². The number of benzene rings is 2. The van der Waals surface area contributed by atoms with Crippen molar-refractivity contribution in [3.8, 4) is 5.75 Å². The third-order valence-corrected chi connectivity index (χ3v) is 4.33. The highest BCUT2D eigenvalue weighted by atomic mass is 35.5. The van der Waals surface area contributed by atoms with Crippen molar-refractivity contribution < 1.29 is 14.3 Å². The molecule has 0 aromatic heterocycles. The van der Waals surface area contributed by atoms with E-state index in [0.717, 1.165) is 5.75 Å². The Morgan fingerprint density at radius 2 is 1.68 bits per heavy atom. The minimum absolute atomic E-state index is 0.0135.